The predicted octanol–water partition coefficient (Wildman–Crippen LogP) is 3.58. The first kappa shape index (κ1) is 22.6. The summed E-state index contributed by atoms with van der Waals surface area (Å²) in [7, 11) is 0. The van der Waals surface area contributed by atoms with Crippen LogP contribution in [0.1, 0.15) is 57.5 Å². The highest BCUT2D eigenvalue weighted by Gasteiger charge is 2.24. The number of aromatic carboxylic acids is 1. The van der Waals surface area contributed by atoms with Crippen LogP contribution in [0, 0.1) is 6.92 Å². The minimum atomic E-state index is -1.17. The van der Waals surface area contributed by atoms with Gasteiger partial charge in [0, 0.05) is 41.5 Å². The molecular formula is C20H24N6O3S2. The number of nitrogens with one attached hydrogen (secondary N) is 1. The second-order valence-electron chi connectivity index (χ2n) is 7.12. The number of thiophene rings is 1. The highest BCUT2D eigenvalue weighted by molar-refractivity contribution is 7.15. The number of carbonyl (C=O) groups excluding carboxylic acids is 1. The van der Waals surface area contributed by atoms with Crippen molar-refractivity contribution in [3.8, 4) is 0 Å². The number of rotatable bonds is 7. The average Bonchev–Trinajstić information content (AvgIpc) is 3.34. The van der Waals surface area contributed by atoms with Crippen molar-refractivity contribution in [1.29, 1.82) is 0 Å². The van der Waals surface area contributed by atoms with Gasteiger partial charge >= 0.3 is 5.97 Å². The summed E-state index contributed by atoms with van der Waals surface area (Å²) >= 11 is 2.06. The Labute approximate surface area is 188 Å². The average molecular weight is 461 g/mol. The number of carbonyl (C=O) groups is 2. The monoisotopic (exact) mass is 460 g/mol. The van der Waals surface area contributed by atoms with Gasteiger partial charge < -0.3 is 21.1 Å². The van der Waals surface area contributed by atoms with Crippen LogP contribution in [-0.2, 0) is 0 Å². The van der Waals surface area contributed by atoms with E-state index in [0.29, 0.717) is 33.2 Å². The van der Waals surface area contributed by atoms with Crippen LogP contribution in [0.15, 0.2) is 28.5 Å². The molecule has 1 aliphatic rings. The third-order valence-electron chi connectivity index (χ3n) is 4.87. The molecule has 1 aliphatic heterocycles. The lowest BCUT2D eigenvalue weighted by Gasteiger charge is -2.28. The summed E-state index contributed by atoms with van der Waals surface area (Å²) in [5.74, 6) is -1.01. The van der Waals surface area contributed by atoms with Gasteiger partial charge in [-0.25, -0.2) is 9.79 Å². The van der Waals surface area contributed by atoms with Crippen molar-refractivity contribution in [2.75, 3.05) is 18.4 Å². The lowest BCUT2D eigenvalue weighted by atomic mass is 10.0. The Balaban J connectivity index is 1.89. The zero-order chi connectivity index (χ0) is 22.5. The van der Waals surface area contributed by atoms with E-state index in [-0.39, 0.29) is 10.6 Å². The van der Waals surface area contributed by atoms with E-state index in [4.69, 9.17) is 5.73 Å². The molecule has 0 radical (unpaired) electrons. The molecular weight excluding hydrogens is 436 g/mol. The van der Waals surface area contributed by atoms with Gasteiger partial charge in [-0.3, -0.25) is 4.79 Å². The van der Waals surface area contributed by atoms with Gasteiger partial charge in [0.15, 0.2) is 0 Å². The fourth-order valence-electron chi connectivity index (χ4n) is 3.22. The second-order valence-corrected chi connectivity index (χ2v) is 8.75. The molecule has 0 atom stereocenters. The topological polar surface area (TPSA) is 134 Å². The van der Waals surface area contributed by atoms with Crippen molar-refractivity contribution in [2.24, 2.45) is 10.7 Å². The first-order chi connectivity index (χ1) is 14.8. The van der Waals surface area contributed by atoms with Gasteiger partial charge in [-0.05, 0) is 44.6 Å². The lowest BCUT2D eigenvalue weighted by molar-refractivity contribution is 0.0698. The van der Waals surface area contributed by atoms with Crippen molar-refractivity contribution >= 4 is 51.5 Å². The Kier molecular flexibility index (Phi) is 7.18. The fraction of sp³-hybridized carbons (Fsp3) is 0.350. The SMILES string of the molecule is C=C(N=C/C(=C(/C)N)c1csc(NC(=O)c2snnc2C)c1C(=O)O)N1CCCCC1. The van der Waals surface area contributed by atoms with Crippen LogP contribution in [-0.4, -0.2) is 50.8 Å². The Bertz CT molecular complexity index is 1060. The fourth-order valence-corrected chi connectivity index (χ4v) is 4.72. The molecule has 0 spiro atoms. The molecule has 11 heteroatoms. The number of carboxylic acids is 1. The van der Waals surface area contributed by atoms with Crippen molar-refractivity contribution < 1.29 is 14.7 Å². The van der Waals surface area contributed by atoms with E-state index < -0.39 is 11.9 Å². The smallest absolute Gasteiger partial charge is 0.339 e. The van der Waals surface area contributed by atoms with E-state index in [1.54, 1.807) is 25.4 Å². The van der Waals surface area contributed by atoms with Crippen molar-refractivity contribution in [2.45, 2.75) is 33.1 Å². The number of carboxylic acid groups (broad SMARTS) is 1. The molecule has 1 fully saturated rings. The summed E-state index contributed by atoms with van der Waals surface area (Å²) in [5.41, 5.74) is 7.79. The van der Waals surface area contributed by atoms with E-state index in [9.17, 15) is 14.7 Å². The van der Waals surface area contributed by atoms with E-state index in [1.807, 2.05) is 0 Å². The van der Waals surface area contributed by atoms with Crippen LogP contribution in [0.5, 0.6) is 0 Å². The molecule has 0 aliphatic carbocycles. The number of nitrogens with two attached hydrogens (primary N) is 1. The van der Waals surface area contributed by atoms with Gasteiger partial charge in [0.05, 0.1) is 5.69 Å². The van der Waals surface area contributed by atoms with Gasteiger partial charge in [-0.1, -0.05) is 11.1 Å². The third-order valence-corrected chi connectivity index (χ3v) is 6.59. The molecule has 0 saturated carbocycles. The number of likely N-dealkylation sites (tertiary alicyclic amines) is 1. The molecule has 0 unspecified atom stereocenters. The van der Waals surface area contributed by atoms with Crippen LogP contribution in [0.2, 0.25) is 0 Å². The summed E-state index contributed by atoms with van der Waals surface area (Å²) in [6, 6.07) is 0. The minimum absolute atomic E-state index is 0.0386. The van der Waals surface area contributed by atoms with Crippen molar-refractivity contribution in [3.05, 3.63) is 45.2 Å². The zero-order valence-corrected chi connectivity index (χ0v) is 19.0. The van der Waals surface area contributed by atoms with Gasteiger partial charge in [0.2, 0.25) is 0 Å². The van der Waals surface area contributed by atoms with Crippen LogP contribution < -0.4 is 11.1 Å². The van der Waals surface area contributed by atoms with Gasteiger partial charge in [0.1, 0.15) is 21.3 Å². The second kappa shape index (κ2) is 9.84. The quantitative estimate of drug-likeness (QED) is 0.538. The first-order valence-electron chi connectivity index (χ1n) is 9.69. The minimum Gasteiger partial charge on any atom is -0.478 e. The van der Waals surface area contributed by atoms with E-state index in [0.717, 1.165) is 48.8 Å². The number of amides is 1. The van der Waals surface area contributed by atoms with Crippen LogP contribution >= 0.6 is 22.9 Å². The number of aryl methyl sites for hydroxylation is 1. The number of allylic oxidation sites excluding steroid dienone is 2. The van der Waals surface area contributed by atoms with E-state index in [1.165, 1.54) is 6.42 Å². The Hall–Kier alpha value is -3.05. The van der Waals surface area contributed by atoms with Crippen molar-refractivity contribution in [3.63, 3.8) is 0 Å². The molecule has 1 amide bonds. The number of aliphatic imine (C=N–C) groups is 1. The molecule has 0 aromatic carbocycles. The number of hydrogen-bond acceptors (Lipinski definition) is 9. The maximum absolute atomic E-state index is 12.5. The Morgan fingerprint density at radius 1 is 1.35 bits per heavy atom. The van der Waals surface area contributed by atoms with E-state index >= 15 is 0 Å². The normalized spacial score (nSPS) is 15.1. The molecule has 0 bridgehead atoms. The highest BCUT2D eigenvalue weighted by Crippen LogP contribution is 2.34. The Morgan fingerprint density at radius 2 is 2.06 bits per heavy atom. The summed E-state index contributed by atoms with van der Waals surface area (Å²) in [5, 5.41) is 18.2. The molecule has 164 valence electrons. The molecule has 3 heterocycles. The van der Waals surface area contributed by atoms with Crippen LogP contribution in [0.4, 0.5) is 5.00 Å². The van der Waals surface area contributed by atoms with Gasteiger partial charge in [0.25, 0.3) is 5.91 Å². The largest absolute Gasteiger partial charge is 0.478 e. The number of hydrogen-bond donors (Lipinski definition) is 3. The van der Waals surface area contributed by atoms with Gasteiger partial charge in [-0.2, -0.15) is 0 Å². The zero-order valence-electron chi connectivity index (χ0n) is 17.3. The molecule has 3 rings (SSSR count). The third kappa shape index (κ3) is 5.17. The molecule has 2 aromatic heterocycles. The summed E-state index contributed by atoms with van der Waals surface area (Å²) in [4.78, 5) is 31.5. The van der Waals surface area contributed by atoms with Gasteiger partial charge in [-0.15, -0.1) is 16.4 Å². The first-order valence-corrected chi connectivity index (χ1v) is 11.3. The maximum Gasteiger partial charge on any atom is 0.339 e. The molecule has 2 aromatic rings. The van der Waals surface area contributed by atoms with Crippen LogP contribution in [0.25, 0.3) is 5.57 Å². The lowest BCUT2D eigenvalue weighted by Crippen LogP contribution is -2.27. The number of anilines is 1. The predicted molar refractivity (Wildman–Crippen MR) is 124 cm³/mol. The van der Waals surface area contributed by atoms with E-state index in [2.05, 4.69) is 31.4 Å². The number of aromatic nitrogens is 2. The summed E-state index contributed by atoms with van der Waals surface area (Å²) in [6.45, 7) is 9.17. The molecule has 9 nitrogen and oxygen atoms in total. The number of piperidine rings is 1. The van der Waals surface area contributed by atoms with Crippen molar-refractivity contribution in [1.82, 2.24) is 14.5 Å². The van der Waals surface area contributed by atoms with Crippen LogP contribution in [0.3, 0.4) is 0 Å². The number of nitrogens with zero attached hydrogens (tertiary/aromatic N) is 4. The Morgan fingerprint density at radius 3 is 2.65 bits per heavy atom. The molecule has 31 heavy (non-hydrogen) atoms. The maximum atomic E-state index is 12.5. The molecule has 1 saturated heterocycles. The standard InChI is InChI=1S/C20H24N6O3S2/c1-11(21)14(9-22-13(3)26-7-5-4-6-8-26)15-10-30-19(16(15)20(28)29)23-18(27)17-12(2)24-25-31-17/h9-10H,3-8,21H2,1-2H3,(H,23,27)(H,28,29)/b14-11+,22-9?. The summed E-state index contributed by atoms with van der Waals surface area (Å²) in [6.07, 6.45) is 4.93. The highest BCUT2D eigenvalue weighted by atomic mass is 32.1. The summed E-state index contributed by atoms with van der Waals surface area (Å²) < 4.78 is 3.74. The molecule has 4 N–H and O–H groups in total.